The zero-order valence-electron chi connectivity index (χ0n) is 14.9. The predicted molar refractivity (Wildman–Crippen MR) is 109 cm³/mol. The Morgan fingerprint density at radius 1 is 0.889 bits per heavy atom. The number of nitrogens with one attached hydrogen (secondary N) is 2. The first-order chi connectivity index (χ1) is 13.2. The highest BCUT2D eigenvalue weighted by Gasteiger charge is 2.17. The summed E-state index contributed by atoms with van der Waals surface area (Å²) in [5.41, 5.74) is 1.69. The molecule has 27 heavy (non-hydrogen) atoms. The molecule has 0 aliphatic rings. The van der Waals surface area contributed by atoms with Gasteiger partial charge in [-0.3, -0.25) is 9.59 Å². The molecular formula is C22H22N2O2S. The van der Waals surface area contributed by atoms with Gasteiger partial charge in [0, 0.05) is 23.4 Å². The standard InChI is InChI=1S/C22H22N2O2S/c25-20(14-7-15-23-22(26)18-11-5-2-6-12-18)24-21(19-13-8-16-27-19)17-9-3-1-4-10-17/h1-6,8-13,16,21H,7,14-15H2,(H,23,26)(H,24,25). The van der Waals surface area contributed by atoms with Crippen LogP contribution in [0.2, 0.25) is 0 Å². The maximum atomic E-state index is 12.4. The fourth-order valence-corrected chi connectivity index (χ4v) is 3.60. The first-order valence-corrected chi connectivity index (χ1v) is 9.83. The van der Waals surface area contributed by atoms with Crippen LogP contribution in [0.1, 0.15) is 39.7 Å². The van der Waals surface area contributed by atoms with Crippen molar-refractivity contribution in [2.45, 2.75) is 18.9 Å². The molecule has 0 spiro atoms. The summed E-state index contributed by atoms with van der Waals surface area (Å²) in [6.45, 7) is 0.468. The van der Waals surface area contributed by atoms with Crippen molar-refractivity contribution in [3.63, 3.8) is 0 Å². The average Bonchev–Trinajstić information content (AvgIpc) is 3.25. The average molecular weight is 378 g/mol. The normalized spacial score (nSPS) is 11.6. The van der Waals surface area contributed by atoms with Crippen molar-refractivity contribution in [2.75, 3.05) is 6.54 Å². The highest BCUT2D eigenvalue weighted by molar-refractivity contribution is 7.10. The SMILES string of the molecule is O=C(CCCNC(=O)c1ccccc1)NC(c1ccccc1)c1cccs1. The molecule has 2 aromatic carbocycles. The van der Waals surface area contributed by atoms with Crippen LogP contribution < -0.4 is 10.6 Å². The number of benzene rings is 2. The van der Waals surface area contributed by atoms with Crippen molar-refractivity contribution in [1.82, 2.24) is 10.6 Å². The number of amides is 2. The molecule has 0 bridgehead atoms. The van der Waals surface area contributed by atoms with Gasteiger partial charge >= 0.3 is 0 Å². The quantitative estimate of drug-likeness (QED) is 0.578. The Kier molecular flexibility index (Phi) is 6.77. The van der Waals surface area contributed by atoms with E-state index in [1.54, 1.807) is 23.5 Å². The van der Waals surface area contributed by atoms with Gasteiger partial charge in [0.2, 0.25) is 5.91 Å². The Morgan fingerprint density at radius 3 is 2.26 bits per heavy atom. The molecule has 3 rings (SSSR count). The molecule has 4 nitrogen and oxygen atoms in total. The van der Waals surface area contributed by atoms with Crippen molar-refractivity contribution >= 4 is 23.2 Å². The number of carbonyl (C=O) groups is 2. The molecule has 0 radical (unpaired) electrons. The molecule has 0 saturated carbocycles. The van der Waals surface area contributed by atoms with Crippen molar-refractivity contribution in [1.29, 1.82) is 0 Å². The van der Waals surface area contributed by atoms with Crippen LogP contribution in [0.3, 0.4) is 0 Å². The van der Waals surface area contributed by atoms with E-state index in [2.05, 4.69) is 10.6 Å². The lowest BCUT2D eigenvalue weighted by molar-refractivity contribution is -0.121. The molecule has 0 saturated heterocycles. The van der Waals surface area contributed by atoms with Crippen molar-refractivity contribution in [3.05, 3.63) is 94.2 Å². The topological polar surface area (TPSA) is 58.2 Å². The van der Waals surface area contributed by atoms with E-state index < -0.39 is 0 Å². The van der Waals surface area contributed by atoms with Gasteiger partial charge in [0.1, 0.15) is 0 Å². The Morgan fingerprint density at radius 2 is 1.59 bits per heavy atom. The van der Waals surface area contributed by atoms with E-state index in [0.29, 0.717) is 24.9 Å². The monoisotopic (exact) mass is 378 g/mol. The third-order valence-electron chi connectivity index (χ3n) is 4.17. The number of carbonyl (C=O) groups excluding carboxylic acids is 2. The molecule has 5 heteroatoms. The smallest absolute Gasteiger partial charge is 0.251 e. The van der Waals surface area contributed by atoms with E-state index in [1.165, 1.54) is 0 Å². The van der Waals surface area contributed by atoms with E-state index in [9.17, 15) is 9.59 Å². The second-order valence-corrected chi connectivity index (χ2v) is 7.13. The summed E-state index contributed by atoms with van der Waals surface area (Å²) >= 11 is 1.63. The summed E-state index contributed by atoms with van der Waals surface area (Å²) in [7, 11) is 0. The molecule has 2 N–H and O–H groups in total. The van der Waals surface area contributed by atoms with Crippen LogP contribution >= 0.6 is 11.3 Å². The predicted octanol–water partition coefficient (Wildman–Crippen LogP) is 4.16. The summed E-state index contributed by atoms with van der Waals surface area (Å²) in [5.74, 6) is -0.136. The molecule has 1 unspecified atom stereocenters. The van der Waals surface area contributed by atoms with Crippen LogP contribution in [0.25, 0.3) is 0 Å². The Bertz CT molecular complexity index is 849. The van der Waals surface area contributed by atoms with E-state index in [0.717, 1.165) is 10.4 Å². The molecule has 0 fully saturated rings. The summed E-state index contributed by atoms with van der Waals surface area (Å²) < 4.78 is 0. The largest absolute Gasteiger partial charge is 0.352 e. The van der Waals surface area contributed by atoms with Gasteiger partial charge in [-0.1, -0.05) is 54.6 Å². The van der Waals surface area contributed by atoms with E-state index in [1.807, 2.05) is 66.0 Å². The van der Waals surface area contributed by atoms with Crippen LogP contribution in [0.4, 0.5) is 0 Å². The molecule has 0 aliphatic heterocycles. The molecule has 1 heterocycles. The molecule has 138 valence electrons. The zero-order valence-corrected chi connectivity index (χ0v) is 15.7. The van der Waals surface area contributed by atoms with Gasteiger partial charge in [-0.15, -0.1) is 11.3 Å². The van der Waals surface area contributed by atoms with Gasteiger partial charge in [-0.2, -0.15) is 0 Å². The lowest BCUT2D eigenvalue weighted by Crippen LogP contribution is -2.30. The molecule has 1 aromatic heterocycles. The van der Waals surface area contributed by atoms with Crippen LogP contribution in [-0.4, -0.2) is 18.4 Å². The maximum absolute atomic E-state index is 12.4. The van der Waals surface area contributed by atoms with Crippen molar-refractivity contribution < 1.29 is 9.59 Å². The first kappa shape index (κ1) is 18.9. The van der Waals surface area contributed by atoms with E-state index in [4.69, 9.17) is 0 Å². The fourth-order valence-electron chi connectivity index (χ4n) is 2.80. The van der Waals surface area contributed by atoms with Gasteiger partial charge in [-0.05, 0) is 35.6 Å². The number of rotatable bonds is 8. The number of thiophene rings is 1. The summed E-state index contributed by atoms with van der Waals surface area (Å²) in [6.07, 6.45) is 0.958. The molecule has 2 amide bonds. The lowest BCUT2D eigenvalue weighted by Gasteiger charge is -2.18. The van der Waals surface area contributed by atoms with Gasteiger partial charge in [0.15, 0.2) is 0 Å². The zero-order chi connectivity index (χ0) is 18.9. The minimum Gasteiger partial charge on any atom is -0.352 e. The van der Waals surface area contributed by atoms with Crippen LogP contribution in [0.5, 0.6) is 0 Å². The van der Waals surface area contributed by atoms with E-state index >= 15 is 0 Å². The highest BCUT2D eigenvalue weighted by Crippen LogP contribution is 2.26. The lowest BCUT2D eigenvalue weighted by atomic mass is 10.1. The third-order valence-corrected chi connectivity index (χ3v) is 5.11. The number of hydrogen-bond donors (Lipinski definition) is 2. The van der Waals surface area contributed by atoms with Gasteiger partial charge in [0.05, 0.1) is 6.04 Å². The van der Waals surface area contributed by atoms with Gasteiger partial charge < -0.3 is 10.6 Å². The second kappa shape index (κ2) is 9.69. The van der Waals surface area contributed by atoms with Crippen LogP contribution in [-0.2, 0) is 4.79 Å². The molecule has 1 atom stereocenters. The minimum atomic E-state index is -0.141. The third kappa shape index (κ3) is 5.53. The summed E-state index contributed by atoms with van der Waals surface area (Å²) in [5, 5.41) is 7.97. The molecule has 0 aliphatic carbocycles. The van der Waals surface area contributed by atoms with Crippen molar-refractivity contribution in [2.24, 2.45) is 0 Å². The van der Waals surface area contributed by atoms with Crippen molar-refractivity contribution in [3.8, 4) is 0 Å². The number of hydrogen-bond acceptors (Lipinski definition) is 3. The highest BCUT2D eigenvalue weighted by atomic mass is 32.1. The Hall–Kier alpha value is -2.92. The Balaban J connectivity index is 1.49. The maximum Gasteiger partial charge on any atom is 0.251 e. The van der Waals surface area contributed by atoms with Crippen LogP contribution in [0.15, 0.2) is 78.2 Å². The van der Waals surface area contributed by atoms with E-state index in [-0.39, 0.29) is 17.9 Å². The van der Waals surface area contributed by atoms with Gasteiger partial charge in [-0.25, -0.2) is 0 Å². The second-order valence-electron chi connectivity index (χ2n) is 6.15. The fraction of sp³-hybridized carbons (Fsp3) is 0.182. The summed E-state index contributed by atoms with van der Waals surface area (Å²) in [6, 6.07) is 22.9. The molecular weight excluding hydrogens is 356 g/mol. The van der Waals surface area contributed by atoms with Gasteiger partial charge in [0.25, 0.3) is 5.91 Å². The molecule has 3 aromatic rings. The first-order valence-electron chi connectivity index (χ1n) is 8.95. The minimum absolute atomic E-state index is 0.0220. The Labute approximate surface area is 163 Å². The summed E-state index contributed by atoms with van der Waals surface area (Å²) in [4.78, 5) is 25.5. The van der Waals surface area contributed by atoms with Crippen LogP contribution in [0, 0.1) is 0 Å².